The average Bonchev–Trinajstić information content (AvgIpc) is 2.25. The van der Waals surface area contributed by atoms with Crippen LogP contribution in [0.3, 0.4) is 0 Å². The third kappa shape index (κ3) is 3.54. The molecule has 0 aliphatic carbocycles. The zero-order chi connectivity index (χ0) is 13.1. The molecule has 1 aromatic carbocycles. The van der Waals surface area contributed by atoms with Crippen molar-refractivity contribution < 1.29 is 13.2 Å². The lowest BCUT2D eigenvalue weighted by molar-refractivity contribution is 0.217. The van der Waals surface area contributed by atoms with Crippen molar-refractivity contribution in [3.8, 4) is 0 Å². The molecule has 0 N–H and O–H groups in total. The highest BCUT2D eigenvalue weighted by Gasteiger charge is 2.24. The standard InChI is InChI=1S/C13H20O3S/c1-13(2,3)11-7-5-6-8-12(11)17(14,15)10-9-16-4/h5-8H,9-10H2,1-4H3. The van der Waals surface area contributed by atoms with Gasteiger partial charge in [0.25, 0.3) is 0 Å². The monoisotopic (exact) mass is 256 g/mol. The number of benzene rings is 1. The van der Waals surface area contributed by atoms with Gasteiger partial charge in [-0.2, -0.15) is 0 Å². The second-order valence-corrected chi connectivity index (χ2v) is 7.14. The molecule has 4 heteroatoms. The van der Waals surface area contributed by atoms with Gasteiger partial charge in [-0.25, -0.2) is 8.42 Å². The van der Waals surface area contributed by atoms with Crippen molar-refractivity contribution in [2.75, 3.05) is 19.5 Å². The quantitative estimate of drug-likeness (QED) is 0.831. The molecule has 0 heterocycles. The van der Waals surface area contributed by atoms with Crippen molar-refractivity contribution in [2.24, 2.45) is 0 Å². The summed E-state index contributed by atoms with van der Waals surface area (Å²) in [6, 6.07) is 7.18. The fourth-order valence-corrected chi connectivity index (χ4v) is 3.26. The van der Waals surface area contributed by atoms with Crippen LogP contribution in [0.4, 0.5) is 0 Å². The summed E-state index contributed by atoms with van der Waals surface area (Å²) in [5, 5.41) is 0. The van der Waals surface area contributed by atoms with Crippen molar-refractivity contribution >= 4 is 9.84 Å². The maximum absolute atomic E-state index is 12.2. The number of hydrogen-bond donors (Lipinski definition) is 0. The van der Waals surface area contributed by atoms with Gasteiger partial charge in [0.2, 0.25) is 0 Å². The Morgan fingerprint density at radius 1 is 1.18 bits per heavy atom. The Balaban J connectivity index is 3.23. The van der Waals surface area contributed by atoms with E-state index >= 15 is 0 Å². The average molecular weight is 256 g/mol. The molecule has 0 saturated carbocycles. The molecule has 96 valence electrons. The lowest BCUT2D eigenvalue weighted by atomic mass is 9.87. The Bertz CT molecular complexity index is 470. The van der Waals surface area contributed by atoms with E-state index < -0.39 is 9.84 Å². The minimum atomic E-state index is -3.26. The van der Waals surface area contributed by atoms with Crippen molar-refractivity contribution in [1.29, 1.82) is 0 Å². The van der Waals surface area contributed by atoms with Crippen LogP contribution in [-0.2, 0) is 20.0 Å². The number of sulfone groups is 1. The maximum Gasteiger partial charge on any atom is 0.180 e. The van der Waals surface area contributed by atoms with Crippen molar-refractivity contribution in [3.05, 3.63) is 29.8 Å². The highest BCUT2D eigenvalue weighted by atomic mass is 32.2. The molecule has 0 amide bonds. The second kappa shape index (κ2) is 5.19. The van der Waals surface area contributed by atoms with Crippen LogP contribution in [0.2, 0.25) is 0 Å². The van der Waals surface area contributed by atoms with E-state index in [1.165, 1.54) is 7.11 Å². The topological polar surface area (TPSA) is 43.4 Å². The smallest absolute Gasteiger partial charge is 0.180 e. The van der Waals surface area contributed by atoms with Gasteiger partial charge in [0, 0.05) is 7.11 Å². The number of ether oxygens (including phenoxy) is 1. The van der Waals surface area contributed by atoms with Gasteiger partial charge in [-0.15, -0.1) is 0 Å². The minimum absolute atomic E-state index is 0.0244. The fourth-order valence-electron chi connectivity index (χ4n) is 1.66. The molecule has 1 rings (SSSR count). The van der Waals surface area contributed by atoms with Crippen LogP contribution in [-0.4, -0.2) is 27.9 Å². The van der Waals surface area contributed by atoms with Gasteiger partial charge in [0.05, 0.1) is 17.3 Å². The first-order valence-corrected chi connectivity index (χ1v) is 7.25. The van der Waals surface area contributed by atoms with Gasteiger partial charge in [-0.3, -0.25) is 0 Å². The van der Waals surface area contributed by atoms with Crippen LogP contribution in [0.5, 0.6) is 0 Å². The highest BCUT2D eigenvalue weighted by Crippen LogP contribution is 2.29. The lowest BCUT2D eigenvalue weighted by Crippen LogP contribution is -2.19. The summed E-state index contributed by atoms with van der Waals surface area (Å²) in [4.78, 5) is 0.421. The molecule has 0 atom stereocenters. The zero-order valence-corrected chi connectivity index (χ0v) is 11.7. The lowest BCUT2D eigenvalue weighted by Gasteiger charge is -2.22. The van der Waals surface area contributed by atoms with Crippen molar-refractivity contribution in [1.82, 2.24) is 0 Å². The van der Waals surface area contributed by atoms with Crippen LogP contribution in [0.1, 0.15) is 26.3 Å². The van der Waals surface area contributed by atoms with E-state index in [2.05, 4.69) is 0 Å². The van der Waals surface area contributed by atoms with Gasteiger partial charge >= 0.3 is 0 Å². The highest BCUT2D eigenvalue weighted by molar-refractivity contribution is 7.91. The molecular weight excluding hydrogens is 236 g/mol. The molecule has 0 unspecified atom stereocenters. The molecule has 0 spiro atoms. The molecule has 0 saturated heterocycles. The SMILES string of the molecule is COCCS(=O)(=O)c1ccccc1C(C)(C)C. The molecule has 3 nitrogen and oxygen atoms in total. The Kier molecular flexibility index (Phi) is 4.33. The number of methoxy groups -OCH3 is 1. The summed E-state index contributed by atoms with van der Waals surface area (Å²) in [7, 11) is -1.76. The van der Waals surface area contributed by atoms with Crippen LogP contribution >= 0.6 is 0 Å². The Morgan fingerprint density at radius 2 is 1.76 bits per heavy atom. The third-order valence-corrected chi connectivity index (χ3v) is 4.32. The first-order chi connectivity index (χ1) is 7.79. The summed E-state index contributed by atoms with van der Waals surface area (Å²) in [6.45, 7) is 6.26. The van der Waals surface area contributed by atoms with Gasteiger partial charge in [0.15, 0.2) is 9.84 Å². The first-order valence-electron chi connectivity index (χ1n) is 5.60. The predicted octanol–water partition coefficient (Wildman–Crippen LogP) is 2.40. The largest absolute Gasteiger partial charge is 0.384 e. The first kappa shape index (κ1) is 14.2. The van der Waals surface area contributed by atoms with Crippen molar-refractivity contribution in [2.45, 2.75) is 31.1 Å². The van der Waals surface area contributed by atoms with E-state index in [1.54, 1.807) is 12.1 Å². The summed E-state index contributed by atoms with van der Waals surface area (Å²) in [5.41, 5.74) is 0.674. The number of rotatable bonds is 4. The Morgan fingerprint density at radius 3 is 2.29 bits per heavy atom. The third-order valence-electron chi connectivity index (χ3n) is 2.59. The molecule has 0 bridgehead atoms. The van der Waals surface area contributed by atoms with Gasteiger partial charge in [0.1, 0.15) is 0 Å². The minimum Gasteiger partial charge on any atom is -0.384 e. The second-order valence-electron chi connectivity index (χ2n) is 5.06. The van der Waals surface area contributed by atoms with Crippen LogP contribution in [0.15, 0.2) is 29.2 Å². The van der Waals surface area contributed by atoms with Crippen LogP contribution in [0.25, 0.3) is 0 Å². The van der Waals surface area contributed by atoms with E-state index in [4.69, 9.17) is 4.74 Å². The Labute approximate surface area is 104 Å². The summed E-state index contributed by atoms with van der Waals surface area (Å²) >= 11 is 0. The van der Waals surface area contributed by atoms with E-state index in [-0.39, 0.29) is 17.8 Å². The molecule has 0 aliphatic rings. The van der Waals surface area contributed by atoms with Gasteiger partial charge in [-0.1, -0.05) is 39.0 Å². The number of hydrogen-bond acceptors (Lipinski definition) is 3. The molecule has 1 aromatic rings. The van der Waals surface area contributed by atoms with E-state index in [9.17, 15) is 8.42 Å². The predicted molar refractivity (Wildman–Crippen MR) is 69.1 cm³/mol. The van der Waals surface area contributed by atoms with Crippen LogP contribution in [0, 0.1) is 0 Å². The molecule has 0 aliphatic heterocycles. The van der Waals surface area contributed by atoms with Crippen molar-refractivity contribution in [3.63, 3.8) is 0 Å². The molecule has 17 heavy (non-hydrogen) atoms. The summed E-state index contributed by atoms with van der Waals surface area (Å²) in [6.07, 6.45) is 0. The Hall–Kier alpha value is -0.870. The van der Waals surface area contributed by atoms with E-state index in [1.807, 2.05) is 32.9 Å². The normalized spacial score (nSPS) is 12.7. The zero-order valence-electron chi connectivity index (χ0n) is 10.9. The van der Waals surface area contributed by atoms with Gasteiger partial charge < -0.3 is 4.74 Å². The van der Waals surface area contributed by atoms with Crippen LogP contribution < -0.4 is 0 Å². The summed E-state index contributed by atoms with van der Waals surface area (Å²) < 4.78 is 29.2. The molecule has 0 fully saturated rings. The molecular formula is C13H20O3S. The van der Waals surface area contributed by atoms with E-state index in [0.29, 0.717) is 4.90 Å². The maximum atomic E-state index is 12.2. The summed E-state index contributed by atoms with van der Waals surface area (Å²) in [5.74, 6) is 0.0244. The fraction of sp³-hybridized carbons (Fsp3) is 0.538. The molecule has 0 radical (unpaired) electrons. The van der Waals surface area contributed by atoms with E-state index in [0.717, 1.165) is 5.56 Å². The van der Waals surface area contributed by atoms with Gasteiger partial charge in [-0.05, 0) is 17.0 Å². The molecule has 0 aromatic heterocycles.